The number of nitrogens with zero attached hydrogens (tertiary/aromatic N) is 2. The third-order valence-corrected chi connectivity index (χ3v) is 7.21. The van der Waals surface area contributed by atoms with Crippen molar-refractivity contribution in [1.82, 2.24) is 15.5 Å². The summed E-state index contributed by atoms with van der Waals surface area (Å²) >= 11 is 1.62. The molecule has 29 heavy (non-hydrogen) atoms. The zero-order valence-electron chi connectivity index (χ0n) is 16.5. The molecule has 2 fully saturated rings. The number of hydrogen-bond acceptors (Lipinski definition) is 5. The van der Waals surface area contributed by atoms with Crippen LogP contribution in [0.2, 0.25) is 0 Å². The van der Waals surface area contributed by atoms with Crippen molar-refractivity contribution < 1.29 is 4.79 Å². The number of anilines is 1. The van der Waals surface area contributed by atoms with E-state index in [1.54, 1.807) is 11.8 Å². The number of thioether (sulfide) groups is 1. The highest BCUT2D eigenvalue weighted by Gasteiger charge is 2.43. The summed E-state index contributed by atoms with van der Waals surface area (Å²) in [5.41, 5.74) is 4.94. The van der Waals surface area contributed by atoms with Crippen molar-refractivity contribution in [3.05, 3.63) is 71.1 Å². The van der Waals surface area contributed by atoms with E-state index >= 15 is 0 Å². The first-order chi connectivity index (χ1) is 14.2. The van der Waals surface area contributed by atoms with Crippen LogP contribution in [0.5, 0.6) is 0 Å². The first-order valence-electron chi connectivity index (χ1n) is 10.2. The molecule has 2 saturated heterocycles. The Kier molecular flexibility index (Phi) is 5.08. The molecule has 6 heteroatoms. The Morgan fingerprint density at radius 3 is 2.41 bits per heavy atom. The maximum Gasteiger partial charge on any atom is 0.237 e. The maximum absolute atomic E-state index is 12.8. The highest BCUT2D eigenvalue weighted by atomic mass is 32.2. The zero-order valence-corrected chi connectivity index (χ0v) is 17.4. The van der Waals surface area contributed by atoms with Gasteiger partial charge in [-0.2, -0.15) is 0 Å². The molecule has 150 valence electrons. The van der Waals surface area contributed by atoms with Crippen molar-refractivity contribution >= 4 is 28.9 Å². The van der Waals surface area contributed by atoms with Gasteiger partial charge in [0.25, 0.3) is 0 Å². The number of benzene rings is 2. The van der Waals surface area contributed by atoms with E-state index in [0.717, 1.165) is 26.2 Å². The molecule has 0 radical (unpaired) electrons. The van der Waals surface area contributed by atoms with Gasteiger partial charge in [-0.05, 0) is 35.6 Å². The number of fused-ring (bicyclic) bond motifs is 1. The predicted molar refractivity (Wildman–Crippen MR) is 120 cm³/mol. The first-order valence-corrected chi connectivity index (χ1v) is 11.2. The molecule has 5 nitrogen and oxygen atoms in total. The van der Waals surface area contributed by atoms with Gasteiger partial charge in [0, 0.05) is 31.9 Å². The van der Waals surface area contributed by atoms with E-state index in [9.17, 15) is 4.79 Å². The third-order valence-electron chi connectivity index (χ3n) is 6.04. The lowest BCUT2D eigenvalue weighted by molar-refractivity contribution is -0.125. The lowest BCUT2D eigenvalue weighted by atomic mass is 9.95. The second-order valence-corrected chi connectivity index (χ2v) is 8.93. The minimum atomic E-state index is -0.116. The number of amides is 1. The van der Waals surface area contributed by atoms with Gasteiger partial charge in [0.2, 0.25) is 5.91 Å². The van der Waals surface area contributed by atoms with Gasteiger partial charge in [0.05, 0.1) is 6.04 Å². The fourth-order valence-electron chi connectivity index (χ4n) is 4.35. The van der Waals surface area contributed by atoms with Crippen molar-refractivity contribution in [3.8, 4) is 0 Å². The quantitative estimate of drug-likeness (QED) is 0.821. The average molecular weight is 407 g/mol. The van der Waals surface area contributed by atoms with Crippen LogP contribution in [-0.4, -0.2) is 54.6 Å². The van der Waals surface area contributed by atoms with Crippen molar-refractivity contribution in [2.45, 2.75) is 24.5 Å². The molecule has 1 amide bonds. The lowest BCUT2D eigenvalue weighted by Gasteiger charge is -2.44. The number of hydrogen-bond donors (Lipinski definition) is 2. The van der Waals surface area contributed by atoms with E-state index in [2.05, 4.69) is 87.4 Å². The molecule has 2 aromatic carbocycles. The zero-order chi connectivity index (χ0) is 19.8. The van der Waals surface area contributed by atoms with E-state index in [-0.39, 0.29) is 23.5 Å². The smallest absolute Gasteiger partial charge is 0.237 e. The Hall–Kier alpha value is -2.28. The van der Waals surface area contributed by atoms with Crippen LogP contribution in [0.4, 0.5) is 5.69 Å². The predicted octanol–water partition coefficient (Wildman–Crippen LogP) is 2.65. The van der Waals surface area contributed by atoms with Crippen LogP contribution in [0.1, 0.15) is 11.1 Å². The summed E-state index contributed by atoms with van der Waals surface area (Å²) < 4.78 is 0. The molecular formula is C23H26N4OS. The molecule has 0 aromatic heterocycles. The molecule has 3 unspecified atom stereocenters. The van der Waals surface area contributed by atoms with Crippen LogP contribution in [-0.2, 0) is 4.79 Å². The standard InChI is InChI=1S/C23H26N4OS/c1-16-7-9-17(10-8-16)19-15-29-21-20(19)24-23(25-22(21)28)27-13-11-26(12-14-27)18-5-3-2-4-6-18/h2-10,15,20-21,23-24H,11-14H2,1H3,(H,25,28). The van der Waals surface area contributed by atoms with Crippen LogP contribution >= 0.6 is 11.8 Å². The normalized spacial score (nSPS) is 27.3. The lowest BCUT2D eigenvalue weighted by Crippen LogP contribution is -2.69. The number of aryl methyl sites for hydroxylation is 1. The molecular weight excluding hydrogens is 380 g/mol. The van der Waals surface area contributed by atoms with Crippen molar-refractivity contribution in [3.63, 3.8) is 0 Å². The monoisotopic (exact) mass is 406 g/mol. The maximum atomic E-state index is 12.8. The minimum Gasteiger partial charge on any atom is -0.369 e. The highest BCUT2D eigenvalue weighted by molar-refractivity contribution is 8.04. The summed E-state index contributed by atoms with van der Waals surface area (Å²) in [6, 6.07) is 19.2. The van der Waals surface area contributed by atoms with Crippen LogP contribution in [0.15, 0.2) is 60.0 Å². The minimum absolute atomic E-state index is 0.0496. The van der Waals surface area contributed by atoms with Gasteiger partial charge < -0.3 is 10.2 Å². The van der Waals surface area contributed by atoms with E-state index in [4.69, 9.17) is 0 Å². The Morgan fingerprint density at radius 1 is 0.966 bits per heavy atom. The fourth-order valence-corrected chi connectivity index (χ4v) is 5.50. The first kappa shape index (κ1) is 18.7. The van der Waals surface area contributed by atoms with Gasteiger partial charge in [0.1, 0.15) is 11.5 Å². The molecule has 0 aliphatic carbocycles. The molecule has 3 heterocycles. The summed E-state index contributed by atoms with van der Waals surface area (Å²) in [6.45, 7) is 5.85. The molecule has 0 spiro atoms. The summed E-state index contributed by atoms with van der Waals surface area (Å²) in [4.78, 5) is 17.6. The fraction of sp³-hybridized carbons (Fsp3) is 0.348. The van der Waals surface area contributed by atoms with Crippen molar-refractivity contribution in [2.75, 3.05) is 31.1 Å². The molecule has 0 saturated carbocycles. The number of para-hydroxylation sites is 1. The summed E-state index contributed by atoms with van der Waals surface area (Å²) in [6.07, 6.45) is -0.116. The molecule has 3 atom stereocenters. The van der Waals surface area contributed by atoms with Gasteiger partial charge in [-0.1, -0.05) is 48.0 Å². The molecule has 0 bridgehead atoms. The number of piperazine rings is 1. The van der Waals surface area contributed by atoms with E-state index in [0.29, 0.717) is 0 Å². The molecule has 2 aromatic rings. The SMILES string of the molecule is Cc1ccc(C2=CSC3C(=O)NC(N4CCN(c5ccccc5)CC4)NC23)cc1. The summed E-state index contributed by atoms with van der Waals surface area (Å²) in [5.74, 6) is 0.132. The topological polar surface area (TPSA) is 47.6 Å². The Bertz CT molecular complexity index is 906. The summed E-state index contributed by atoms with van der Waals surface area (Å²) in [5, 5.41) is 8.98. The van der Waals surface area contributed by atoms with E-state index in [1.165, 1.54) is 22.4 Å². The number of nitrogens with one attached hydrogen (secondary N) is 2. The Labute approximate surface area is 176 Å². The average Bonchev–Trinajstić information content (AvgIpc) is 3.20. The summed E-state index contributed by atoms with van der Waals surface area (Å²) in [7, 11) is 0. The van der Waals surface area contributed by atoms with Crippen LogP contribution < -0.4 is 15.5 Å². The molecule has 3 aliphatic heterocycles. The second-order valence-electron chi connectivity index (χ2n) is 7.91. The van der Waals surface area contributed by atoms with Gasteiger partial charge in [0.15, 0.2) is 0 Å². The van der Waals surface area contributed by atoms with Crippen molar-refractivity contribution in [2.24, 2.45) is 0 Å². The van der Waals surface area contributed by atoms with Gasteiger partial charge in [-0.25, -0.2) is 0 Å². The van der Waals surface area contributed by atoms with Crippen molar-refractivity contribution in [1.29, 1.82) is 0 Å². The molecule has 3 aliphatic rings. The molecule has 5 rings (SSSR count). The van der Waals surface area contributed by atoms with E-state index < -0.39 is 0 Å². The highest BCUT2D eigenvalue weighted by Crippen LogP contribution is 2.38. The van der Waals surface area contributed by atoms with E-state index in [1.807, 2.05) is 0 Å². The Morgan fingerprint density at radius 2 is 1.69 bits per heavy atom. The van der Waals surface area contributed by atoms with Gasteiger partial charge in [-0.3, -0.25) is 15.0 Å². The van der Waals surface area contributed by atoms with Crippen LogP contribution in [0, 0.1) is 6.92 Å². The van der Waals surface area contributed by atoms with Crippen LogP contribution in [0.25, 0.3) is 5.57 Å². The largest absolute Gasteiger partial charge is 0.369 e. The van der Waals surface area contributed by atoms with Gasteiger partial charge in [-0.15, -0.1) is 11.8 Å². The number of carbonyl (C=O) groups excluding carboxylic acids is 1. The second kappa shape index (κ2) is 7.86. The Balaban J connectivity index is 1.27. The molecule has 2 N–H and O–H groups in total. The third kappa shape index (κ3) is 3.68. The number of carbonyl (C=O) groups is 1. The van der Waals surface area contributed by atoms with Crippen LogP contribution in [0.3, 0.4) is 0 Å². The number of rotatable bonds is 3. The van der Waals surface area contributed by atoms with Gasteiger partial charge >= 0.3 is 0 Å².